The van der Waals surface area contributed by atoms with Crippen LogP contribution in [0.5, 0.6) is 0 Å². The lowest BCUT2D eigenvalue weighted by Crippen LogP contribution is -2.22. The van der Waals surface area contributed by atoms with Gasteiger partial charge in [-0.15, -0.1) is 0 Å². The molecule has 1 unspecified atom stereocenters. The Morgan fingerprint density at radius 3 is 2.75 bits per heavy atom. The molecule has 0 bridgehead atoms. The van der Waals surface area contributed by atoms with Crippen molar-refractivity contribution in [3.63, 3.8) is 0 Å². The van der Waals surface area contributed by atoms with Gasteiger partial charge < -0.3 is 5.32 Å². The van der Waals surface area contributed by atoms with E-state index in [1.54, 1.807) is 6.33 Å². The van der Waals surface area contributed by atoms with Crippen molar-refractivity contribution in [1.82, 2.24) is 20.3 Å². The smallest absolute Gasteiger partial charge is 0.115 e. The molecule has 3 aromatic rings. The highest BCUT2D eigenvalue weighted by Crippen LogP contribution is 2.27. The van der Waals surface area contributed by atoms with Gasteiger partial charge in [-0.2, -0.15) is 0 Å². The van der Waals surface area contributed by atoms with E-state index >= 15 is 0 Å². The van der Waals surface area contributed by atoms with Crippen LogP contribution in [-0.2, 0) is 0 Å². The summed E-state index contributed by atoms with van der Waals surface area (Å²) >= 11 is 0. The predicted molar refractivity (Wildman–Crippen MR) is 79.3 cm³/mol. The number of rotatable bonds is 4. The van der Waals surface area contributed by atoms with Crippen molar-refractivity contribution < 1.29 is 0 Å². The second-order valence-electron chi connectivity index (χ2n) is 4.58. The number of hydrogen-bond donors (Lipinski definition) is 1. The number of nitrogens with zero attached hydrogens (tertiary/aromatic N) is 3. The molecule has 1 aromatic carbocycles. The van der Waals surface area contributed by atoms with E-state index in [2.05, 4.69) is 39.3 Å². The summed E-state index contributed by atoms with van der Waals surface area (Å²) in [6, 6.07) is 10.4. The quantitative estimate of drug-likeness (QED) is 0.787. The number of benzene rings is 1. The van der Waals surface area contributed by atoms with E-state index < -0.39 is 0 Å². The summed E-state index contributed by atoms with van der Waals surface area (Å²) in [6.07, 6.45) is 7.09. The number of fused-ring (bicyclic) bond motifs is 1. The van der Waals surface area contributed by atoms with Gasteiger partial charge in [-0.3, -0.25) is 4.98 Å². The average Bonchev–Trinajstić information content (AvgIpc) is 2.53. The van der Waals surface area contributed by atoms with Crippen molar-refractivity contribution >= 4 is 10.9 Å². The lowest BCUT2D eigenvalue weighted by atomic mass is 9.97. The molecular weight excluding hydrogens is 248 g/mol. The standard InChI is InChI=1S/C16H16N4/c1-2-19-16(12-9-17-11-18-10-12)14-5-3-7-15-13(14)6-4-8-20-15/h3-11,16,19H,2H2,1H3. The van der Waals surface area contributed by atoms with Gasteiger partial charge in [-0.1, -0.05) is 25.1 Å². The molecule has 0 radical (unpaired) electrons. The zero-order valence-electron chi connectivity index (χ0n) is 11.3. The van der Waals surface area contributed by atoms with E-state index in [1.165, 1.54) is 5.56 Å². The van der Waals surface area contributed by atoms with Gasteiger partial charge in [0.25, 0.3) is 0 Å². The van der Waals surface area contributed by atoms with Crippen LogP contribution >= 0.6 is 0 Å². The second-order valence-corrected chi connectivity index (χ2v) is 4.58. The van der Waals surface area contributed by atoms with Crippen LogP contribution in [0.25, 0.3) is 10.9 Å². The summed E-state index contributed by atoms with van der Waals surface area (Å²) in [5.41, 5.74) is 3.27. The first-order valence-electron chi connectivity index (χ1n) is 6.72. The van der Waals surface area contributed by atoms with Crippen molar-refractivity contribution in [3.05, 3.63) is 66.4 Å². The van der Waals surface area contributed by atoms with E-state index in [1.807, 2.05) is 36.8 Å². The Labute approximate surface area is 117 Å². The maximum atomic E-state index is 4.42. The Morgan fingerprint density at radius 1 is 1.10 bits per heavy atom. The van der Waals surface area contributed by atoms with Crippen molar-refractivity contribution in [2.75, 3.05) is 6.54 Å². The fourth-order valence-corrected chi connectivity index (χ4v) is 2.45. The number of hydrogen-bond acceptors (Lipinski definition) is 4. The Hall–Kier alpha value is -2.33. The highest BCUT2D eigenvalue weighted by atomic mass is 14.9. The zero-order valence-corrected chi connectivity index (χ0v) is 11.3. The third-order valence-electron chi connectivity index (χ3n) is 3.31. The van der Waals surface area contributed by atoms with E-state index in [9.17, 15) is 0 Å². The average molecular weight is 264 g/mol. The van der Waals surface area contributed by atoms with Crippen LogP contribution in [0, 0.1) is 0 Å². The molecule has 0 spiro atoms. The predicted octanol–water partition coefficient (Wildman–Crippen LogP) is 2.72. The monoisotopic (exact) mass is 264 g/mol. The van der Waals surface area contributed by atoms with Gasteiger partial charge in [0.1, 0.15) is 6.33 Å². The van der Waals surface area contributed by atoms with Crippen molar-refractivity contribution in [2.24, 2.45) is 0 Å². The van der Waals surface area contributed by atoms with Crippen molar-refractivity contribution in [1.29, 1.82) is 0 Å². The molecule has 0 aliphatic carbocycles. The molecule has 20 heavy (non-hydrogen) atoms. The first-order valence-corrected chi connectivity index (χ1v) is 6.72. The summed E-state index contributed by atoms with van der Waals surface area (Å²) in [7, 11) is 0. The maximum absolute atomic E-state index is 4.42. The SMILES string of the molecule is CCNC(c1cncnc1)c1cccc2ncccc12. The molecule has 2 heterocycles. The van der Waals surface area contributed by atoms with Crippen LogP contribution in [0.3, 0.4) is 0 Å². The van der Waals surface area contributed by atoms with Crippen LogP contribution in [0.2, 0.25) is 0 Å². The van der Waals surface area contributed by atoms with Gasteiger partial charge >= 0.3 is 0 Å². The van der Waals surface area contributed by atoms with Crippen molar-refractivity contribution in [3.8, 4) is 0 Å². The van der Waals surface area contributed by atoms with Gasteiger partial charge in [0, 0.05) is 29.5 Å². The highest BCUT2D eigenvalue weighted by molar-refractivity contribution is 5.82. The molecule has 0 fully saturated rings. The molecule has 0 saturated heterocycles. The highest BCUT2D eigenvalue weighted by Gasteiger charge is 2.16. The first-order chi connectivity index (χ1) is 9.90. The minimum Gasteiger partial charge on any atom is -0.306 e. The van der Waals surface area contributed by atoms with Crippen molar-refractivity contribution in [2.45, 2.75) is 13.0 Å². The third-order valence-corrected chi connectivity index (χ3v) is 3.31. The van der Waals surface area contributed by atoms with Gasteiger partial charge in [0.15, 0.2) is 0 Å². The van der Waals surface area contributed by atoms with E-state index in [0.29, 0.717) is 0 Å². The Morgan fingerprint density at radius 2 is 1.95 bits per heavy atom. The normalized spacial score (nSPS) is 12.4. The van der Waals surface area contributed by atoms with E-state index in [-0.39, 0.29) is 6.04 Å². The number of nitrogens with one attached hydrogen (secondary N) is 1. The van der Waals surface area contributed by atoms with Crippen LogP contribution in [0.15, 0.2) is 55.2 Å². The molecular formula is C16H16N4. The van der Waals surface area contributed by atoms with Crippen LogP contribution < -0.4 is 5.32 Å². The fraction of sp³-hybridized carbons (Fsp3) is 0.188. The molecule has 4 heteroatoms. The fourth-order valence-electron chi connectivity index (χ4n) is 2.45. The molecule has 100 valence electrons. The van der Waals surface area contributed by atoms with Crippen LogP contribution in [0.1, 0.15) is 24.1 Å². The lowest BCUT2D eigenvalue weighted by Gasteiger charge is -2.19. The third kappa shape index (κ3) is 2.38. The molecule has 1 atom stereocenters. The molecule has 0 saturated carbocycles. The largest absolute Gasteiger partial charge is 0.306 e. The summed E-state index contributed by atoms with van der Waals surface area (Å²) in [4.78, 5) is 12.7. The topological polar surface area (TPSA) is 50.7 Å². The molecule has 2 aromatic heterocycles. The van der Waals surface area contributed by atoms with Crippen LogP contribution in [0.4, 0.5) is 0 Å². The molecule has 0 aliphatic rings. The summed E-state index contributed by atoms with van der Waals surface area (Å²) in [5.74, 6) is 0. The van der Waals surface area contributed by atoms with Gasteiger partial charge in [0.2, 0.25) is 0 Å². The molecule has 3 rings (SSSR count). The van der Waals surface area contributed by atoms with Crippen LogP contribution in [-0.4, -0.2) is 21.5 Å². The molecule has 4 nitrogen and oxygen atoms in total. The maximum Gasteiger partial charge on any atom is 0.115 e. The Bertz CT molecular complexity index is 692. The number of aromatic nitrogens is 3. The number of pyridine rings is 1. The first kappa shape index (κ1) is 12.7. The van der Waals surface area contributed by atoms with Gasteiger partial charge in [0.05, 0.1) is 11.6 Å². The minimum absolute atomic E-state index is 0.0779. The van der Waals surface area contributed by atoms with Gasteiger partial charge in [-0.25, -0.2) is 9.97 Å². The Kier molecular flexibility index (Phi) is 3.65. The lowest BCUT2D eigenvalue weighted by molar-refractivity contribution is 0.629. The van der Waals surface area contributed by atoms with E-state index in [0.717, 1.165) is 23.0 Å². The molecule has 0 amide bonds. The van der Waals surface area contributed by atoms with Gasteiger partial charge in [-0.05, 0) is 24.2 Å². The Balaban J connectivity index is 2.15. The zero-order chi connectivity index (χ0) is 13.8. The second kappa shape index (κ2) is 5.75. The molecule has 1 N–H and O–H groups in total. The summed E-state index contributed by atoms with van der Waals surface area (Å²) in [5, 5.41) is 4.66. The molecule has 0 aliphatic heterocycles. The van der Waals surface area contributed by atoms with E-state index in [4.69, 9.17) is 0 Å². The minimum atomic E-state index is 0.0779. The summed E-state index contributed by atoms with van der Waals surface area (Å²) in [6.45, 7) is 2.97. The summed E-state index contributed by atoms with van der Waals surface area (Å²) < 4.78 is 0.